The van der Waals surface area contributed by atoms with E-state index >= 15 is 0 Å². The lowest BCUT2D eigenvalue weighted by atomic mass is 9.67. The first-order chi connectivity index (χ1) is 17.7. The maximum Gasteiger partial charge on any atom is 0.463 e. The highest BCUT2D eigenvalue weighted by molar-refractivity contribution is 6.47. The van der Waals surface area contributed by atoms with E-state index in [0.29, 0.717) is 37.2 Å². The van der Waals surface area contributed by atoms with Crippen LogP contribution in [0.5, 0.6) is 5.75 Å². The summed E-state index contributed by atoms with van der Waals surface area (Å²) in [6, 6.07) is 6.77. The molecule has 3 aliphatic heterocycles. The molecule has 2 unspecified atom stereocenters. The van der Waals surface area contributed by atoms with Crippen LogP contribution in [0.3, 0.4) is 0 Å². The quantitative estimate of drug-likeness (QED) is 0.449. The number of carbonyl (C=O) groups excluding carboxylic acids is 1. The molecule has 3 aliphatic rings. The highest BCUT2D eigenvalue weighted by Gasteiger charge is 2.57. The minimum Gasteiger partial charge on any atom is -0.497 e. The number of likely N-dealkylation sites (tertiary alicyclic amines) is 1. The van der Waals surface area contributed by atoms with Crippen LogP contribution in [-0.4, -0.2) is 80.6 Å². The van der Waals surface area contributed by atoms with Gasteiger partial charge in [0.2, 0.25) is 6.10 Å². The number of methoxy groups -OCH3 is 1. The summed E-state index contributed by atoms with van der Waals surface area (Å²) in [5, 5.41) is 0. The van der Waals surface area contributed by atoms with E-state index in [1.165, 1.54) is 12.0 Å². The number of hydrogen-bond donors (Lipinski definition) is 0. The smallest absolute Gasteiger partial charge is 0.463 e. The summed E-state index contributed by atoms with van der Waals surface area (Å²) >= 11 is 0. The second-order valence-electron chi connectivity index (χ2n) is 11.3. The normalized spacial score (nSPS) is 25.0. The molecule has 1 aromatic rings. The second-order valence-corrected chi connectivity index (χ2v) is 11.3. The van der Waals surface area contributed by atoms with Gasteiger partial charge in [0.1, 0.15) is 5.75 Å². The van der Waals surface area contributed by atoms with Crippen molar-refractivity contribution in [1.82, 2.24) is 4.90 Å². The number of nitrogens with zero attached hydrogens (tertiary/aromatic N) is 1. The van der Waals surface area contributed by atoms with E-state index in [1.54, 1.807) is 24.3 Å². The third-order valence-corrected chi connectivity index (χ3v) is 8.13. The summed E-state index contributed by atoms with van der Waals surface area (Å²) in [7, 11) is 1.14. The van der Waals surface area contributed by atoms with E-state index in [-0.39, 0.29) is 32.6 Å². The molecule has 0 radical (unpaired) electrons. The van der Waals surface area contributed by atoms with Gasteiger partial charge in [-0.15, -0.1) is 0 Å². The molecule has 212 valence electrons. The number of piperidine rings is 1. The molecule has 12 heteroatoms. The van der Waals surface area contributed by atoms with Crippen LogP contribution < -0.4 is 4.74 Å². The largest absolute Gasteiger partial charge is 0.497 e. The van der Waals surface area contributed by atoms with Gasteiger partial charge in [0.25, 0.3) is 0 Å². The van der Waals surface area contributed by atoms with Crippen molar-refractivity contribution in [3.05, 3.63) is 29.8 Å². The zero-order chi connectivity index (χ0) is 27.8. The zero-order valence-corrected chi connectivity index (χ0v) is 22.6. The van der Waals surface area contributed by atoms with E-state index in [2.05, 4.69) is 0 Å². The highest BCUT2D eigenvalue weighted by Crippen LogP contribution is 2.47. The van der Waals surface area contributed by atoms with Crippen LogP contribution >= 0.6 is 0 Å². The summed E-state index contributed by atoms with van der Waals surface area (Å²) in [5.41, 5.74) is -0.646. The van der Waals surface area contributed by atoms with Crippen molar-refractivity contribution in [2.75, 3.05) is 33.4 Å². The lowest BCUT2D eigenvalue weighted by Gasteiger charge is -2.38. The fraction of sp³-hybridized carbons (Fsp3) is 0.731. The first-order valence-corrected chi connectivity index (χ1v) is 13.0. The molecule has 0 aromatic heterocycles. The number of amides is 1. The Morgan fingerprint density at radius 1 is 1.11 bits per heavy atom. The Balaban J connectivity index is 1.25. The number of ether oxygens (including phenoxy) is 4. The van der Waals surface area contributed by atoms with Crippen molar-refractivity contribution in [2.45, 2.75) is 88.5 Å². The van der Waals surface area contributed by atoms with E-state index < -0.39 is 41.8 Å². The molecular weight excluding hydrogens is 506 g/mol. The summed E-state index contributed by atoms with van der Waals surface area (Å²) < 4.78 is 74.4. The molecule has 3 heterocycles. The number of rotatable bonds is 7. The minimum absolute atomic E-state index is 0.0482. The van der Waals surface area contributed by atoms with Crippen molar-refractivity contribution < 1.29 is 46.2 Å². The lowest BCUT2D eigenvalue weighted by Crippen LogP contribution is -2.49. The zero-order valence-electron chi connectivity index (χ0n) is 22.6. The van der Waals surface area contributed by atoms with Crippen molar-refractivity contribution >= 4 is 13.2 Å². The Labute approximate surface area is 222 Å². The van der Waals surface area contributed by atoms with Crippen LogP contribution in [0.1, 0.15) is 52.5 Å². The van der Waals surface area contributed by atoms with Crippen LogP contribution in [0.15, 0.2) is 24.3 Å². The number of hydrogen-bond acceptors (Lipinski definition) is 7. The van der Waals surface area contributed by atoms with Crippen molar-refractivity contribution in [3.63, 3.8) is 0 Å². The van der Waals surface area contributed by atoms with Crippen molar-refractivity contribution in [3.8, 4) is 5.75 Å². The standard InChI is InChI=1S/C26H37BF3NO7/c1-23(2)24(3,4)38-27(37-23)19-14-25(35-16-19)10-12-31(13-11-25)22(32)36-21(26(28,29)30)17-34-15-18-6-8-20(33-5)9-7-18/h6-9,19,21H,10-17H2,1-5H3. The molecule has 38 heavy (non-hydrogen) atoms. The molecule has 3 fully saturated rings. The van der Waals surface area contributed by atoms with Gasteiger partial charge in [-0.1, -0.05) is 12.1 Å². The number of benzene rings is 1. The molecular formula is C26H37BF3NO7. The minimum atomic E-state index is -4.75. The molecule has 1 amide bonds. The number of halogens is 3. The van der Waals surface area contributed by atoms with Crippen LogP contribution in [0, 0.1) is 0 Å². The summed E-state index contributed by atoms with van der Waals surface area (Å²) in [4.78, 5) is 13.9. The first-order valence-electron chi connectivity index (χ1n) is 13.0. The van der Waals surface area contributed by atoms with Gasteiger partial charge < -0.3 is 33.2 Å². The van der Waals surface area contributed by atoms with Gasteiger partial charge in [0, 0.05) is 25.5 Å². The fourth-order valence-electron chi connectivity index (χ4n) is 4.98. The van der Waals surface area contributed by atoms with Gasteiger partial charge in [0.05, 0.1) is 37.1 Å². The third kappa shape index (κ3) is 6.40. The molecule has 1 aromatic carbocycles. The Kier molecular flexibility index (Phi) is 8.29. The summed E-state index contributed by atoms with van der Waals surface area (Å²) in [6.45, 7) is 8.12. The van der Waals surface area contributed by atoms with E-state index in [9.17, 15) is 18.0 Å². The molecule has 4 rings (SSSR count). The monoisotopic (exact) mass is 543 g/mol. The SMILES string of the molecule is COc1ccc(COCC(OC(=O)N2CCC3(CC2)CC(B2OC(C)(C)C(C)(C)O2)CO3)C(F)(F)F)cc1. The predicted octanol–water partition coefficient (Wildman–Crippen LogP) is 5.00. The van der Waals surface area contributed by atoms with Crippen LogP contribution in [0.4, 0.5) is 18.0 Å². The third-order valence-electron chi connectivity index (χ3n) is 8.13. The van der Waals surface area contributed by atoms with Gasteiger partial charge in [0.15, 0.2) is 0 Å². The second kappa shape index (κ2) is 10.9. The molecule has 2 atom stereocenters. The Morgan fingerprint density at radius 3 is 2.26 bits per heavy atom. The van der Waals surface area contributed by atoms with Gasteiger partial charge in [-0.05, 0) is 64.7 Å². The molecule has 0 saturated carbocycles. The van der Waals surface area contributed by atoms with Gasteiger partial charge in [-0.3, -0.25) is 0 Å². The van der Waals surface area contributed by atoms with Gasteiger partial charge in [-0.25, -0.2) is 4.79 Å². The van der Waals surface area contributed by atoms with E-state index in [0.717, 1.165) is 0 Å². The molecule has 0 aliphatic carbocycles. The van der Waals surface area contributed by atoms with Crippen molar-refractivity contribution in [2.24, 2.45) is 0 Å². The highest BCUT2D eigenvalue weighted by atomic mass is 19.4. The first kappa shape index (κ1) is 29.0. The predicted molar refractivity (Wildman–Crippen MR) is 133 cm³/mol. The van der Waals surface area contributed by atoms with Gasteiger partial charge in [-0.2, -0.15) is 13.2 Å². The summed E-state index contributed by atoms with van der Waals surface area (Å²) in [6.07, 6.45) is -6.41. The average Bonchev–Trinajstić information content (AvgIpc) is 3.35. The maximum atomic E-state index is 13.6. The van der Waals surface area contributed by atoms with Crippen molar-refractivity contribution in [1.29, 1.82) is 0 Å². The molecule has 8 nitrogen and oxygen atoms in total. The van der Waals surface area contributed by atoms with E-state index in [4.69, 9.17) is 28.3 Å². The number of alkyl halides is 3. The Morgan fingerprint density at radius 2 is 1.71 bits per heavy atom. The topological polar surface area (TPSA) is 75.7 Å². The van der Waals surface area contributed by atoms with Crippen LogP contribution in [0.2, 0.25) is 5.82 Å². The Hall–Kier alpha value is -2.02. The van der Waals surface area contributed by atoms with E-state index in [1.807, 2.05) is 27.7 Å². The number of carbonyl (C=O) groups is 1. The summed E-state index contributed by atoms with van der Waals surface area (Å²) in [5.74, 6) is 0.679. The lowest BCUT2D eigenvalue weighted by molar-refractivity contribution is -0.220. The van der Waals surface area contributed by atoms with Gasteiger partial charge >= 0.3 is 19.4 Å². The Bertz CT molecular complexity index is 949. The van der Waals surface area contributed by atoms with Crippen LogP contribution in [-0.2, 0) is 30.1 Å². The molecule has 0 bridgehead atoms. The van der Waals surface area contributed by atoms with Crippen LogP contribution in [0.25, 0.3) is 0 Å². The molecule has 3 saturated heterocycles. The molecule has 0 N–H and O–H groups in total. The maximum absolute atomic E-state index is 13.6. The fourth-order valence-corrected chi connectivity index (χ4v) is 4.98. The average molecular weight is 543 g/mol. The molecule has 1 spiro atoms.